The van der Waals surface area contributed by atoms with E-state index < -0.39 is 5.97 Å². The van der Waals surface area contributed by atoms with Crippen LogP contribution in [0, 0.1) is 0 Å². The van der Waals surface area contributed by atoms with Crippen LogP contribution in [0.3, 0.4) is 0 Å². The maximum atomic E-state index is 12.8. The molecule has 0 atom stereocenters. The number of hydrogen-bond donors (Lipinski definition) is 3. The first-order valence-corrected chi connectivity index (χ1v) is 10.5. The number of hydrogen-bond acceptors (Lipinski definition) is 5. The highest BCUT2D eigenvalue weighted by molar-refractivity contribution is 6.36. The highest BCUT2D eigenvalue weighted by atomic mass is 16.5. The Hall–Kier alpha value is -4.59. The molecule has 4 rings (SSSR count). The van der Waals surface area contributed by atoms with Gasteiger partial charge in [-0.15, -0.1) is 0 Å². The van der Waals surface area contributed by atoms with Gasteiger partial charge in [-0.1, -0.05) is 18.7 Å². The highest BCUT2D eigenvalue weighted by Crippen LogP contribution is 2.43. The molecule has 8 heteroatoms. The fourth-order valence-corrected chi connectivity index (χ4v) is 3.73. The predicted molar refractivity (Wildman–Crippen MR) is 135 cm³/mol. The van der Waals surface area contributed by atoms with E-state index in [1.165, 1.54) is 7.11 Å². The number of benzene rings is 2. The van der Waals surface area contributed by atoms with Crippen LogP contribution >= 0.6 is 0 Å². The summed E-state index contributed by atoms with van der Waals surface area (Å²) in [5.74, 6) is 0.598. The van der Waals surface area contributed by atoms with Crippen LogP contribution in [0.15, 0.2) is 60.2 Å². The highest BCUT2D eigenvalue weighted by Gasteiger charge is 2.29. The smallest absolute Gasteiger partial charge is 0.337 e. The second kappa shape index (κ2) is 9.50. The first-order chi connectivity index (χ1) is 16.4. The second-order valence-electron chi connectivity index (χ2n) is 7.49. The molecule has 1 aromatic heterocycles. The van der Waals surface area contributed by atoms with Crippen molar-refractivity contribution in [2.75, 3.05) is 24.9 Å². The van der Waals surface area contributed by atoms with Crippen molar-refractivity contribution in [3.8, 4) is 5.75 Å². The minimum absolute atomic E-state index is 0.228. The fourth-order valence-electron chi connectivity index (χ4n) is 3.73. The number of esters is 1. The number of nitrogens with zero attached hydrogens (tertiary/aromatic N) is 1. The summed E-state index contributed by atoms with van der Waals surface area (Å²) in [6.45, 7) is 5.73. The number of aliphatic imine (C=N–C) groups is 1. The molecule has 1 aliphatic heterocycles. The zero-order valence-electron chi connectivity index (χ0n) is 19.1. The molecule has 34 heavy (non-hydrogen) atoms. The summed E-state index contributed by atoms with van der Waals surface area (Å²) in [6.07, 6.45) is 5.20. The Bertz CT molecular complexity index is 1330. The number of carbonyl (C=O) groups excluding carboxylic acids is 2. The number of rotatable bonds is 6. The summed E-state index contributed by atoms with van der Waals surface area (Å²) in [6, 6.07) is 12.4. The van der Waals surface area contributed by atoms with Gasteiger partial charge in [-0.3, -0.25) is 4.79 Å². The summed E-state index contributed by atoms with van der Waals surface area (Å²) in [4.78, 5) is 32.4. The van der Waals surface area contributed by atoms with E-state index in [1.807, 2.05) is 19.1 Å². The molecule has 0 bridgehead atoms. The Morgan fingerprint density at radius 1 is 1.12 bits per heavy atom. The van der Waals surface area contributed by atoms with Gasteiger partial charge < -0.3 is 25.1 Å². The van der Waals surface area contributed by atoms with E-state index in [0.29, 0.717) is 45.4 Å². The Balaban J connectivity index is 1.73. The lowest BCUT2D eigenvalue weighted by Crippen LogP contribution is -2.08. The molecule has 0 radical (unpaired) electrons. The van der Waals surface area contributed by atoms with Crippen LogP contribution in [0.5, 0.6) is 5.75 Å². The number of amidine groups is 1. The van der Waals surface area contributed by atoms with Crippen LogP contribution in [0.25, 0.3) is 17.7 Å². The molecule has 0 saturated carbocycles. The lowest BCUT2D eigenvalue weighted by Gasteiger charge is -2.11. The van der Waals surface area contributed by atoms with Gasteiger partial charge in [0.25, 0.3) is 5.91 Å². The van der Waals surface area contributed by atoms with Gasteiger partial charge in [0.2, 0.25) is 0 Å². The molecule has 3 aromatic rings. The van der Waals surface area contributed by atoms with Crippen LogP contribution in [0.4, 0.5) is 17.1 Å². The Morgan fingerprint density at radius 3 is 2.56 bits per heavy atom. The maximum absolute atomic E-state index is 12.8. The van der Waals surface area contributed by atoms with Gasteiger partial charge in [-0.25, -0.2) is 9.79 Å². The Labute approximate surface area is 197 Å². The molecule has 1 aliphatic rings. The number of ether oxygens (including phenoxy) is 2. The largest absolute Gasteiger partial charge is 0.495 e. The van der Waals surface area contributed by atoms with E-state index in [-0.39, 0.29) is 5.91 Å². The number of methoxy groups -OCH3 is 2. The SMILES string of the molecule is C=Cc1ccc2c(c1N=C(C)Nc1ccc(C(=O)OC)cc1)/C(=C/c1[nH]ccc1OC)C(=O)N2. The first kappa shape index (κ1) is 22.6. The standard InChI is InChI=1S/C26H24N4O4/c1-5-16-8-11-20-23(19(25(31)30-20)14-21-22(33-3)12-13-27-21)24(16)29-15(2)28-18-9-6-17(7-10-18)26(32)34-4/h5-14,27H,1H2,2-4H3,(H,28,29)(H,30,31)/b19-14-. The number of H-pyrrole nitrogens is 1. The topological polar surface area (TPSA) is 105 Å². The van der Waals surface area contributed by atoms with Crippen molar-refractivity contribution in [3.63, 3.8) is 0 Å². The summed E-state index contributed by atoms with van der Waals surface area (Å²) in [5, 5.41) is 6.12. The fraction of sp³-hybridized carbons (Fsp3) is 0.115. The molecular weight excluding hydrogens is 432 g/mol. The van der Waals surface area contributed by atoms with Crippen LogP contribution in [-0.4, -0.2) is 36.9 Å². The van der Waals surface area contributed by atoms with Crippen LogP contribution in [-0.2, 0) is 9.53 Å². The van der Waals surface area contributed by atoms with Crippen molar-refractivity contribution < 1.29 is 19.1 Å². The molecule has 0 fully saturated rings. The first-order valence-electron chi connectivity index (χ1n) is 10.5. The molecule has 0 aliphatic carbocycles. The number of fused-ring (bicyclic) bond motifs is 1. The number of nitrogens with one attached hydrogen (secondary N) is 3. The van der Waals surface area contributed by atoms with Gasteiger partial charge in [0, 0.05) is 23.0 Å². The molecule has 0 spiro atoms. The molecule has 8 nitrogen and oxygen atoms in total. The summed E-state index contributed by atoms with van der Waals surface area (Å²) < 4.78 is 10.1. The molecule has 172 valence electrons. The summed E-state index contributed by atoms with van der Waals surface area (Å²) >= 11 is 0. The monoisotopic (exact) mass is 456 g/mol. The molecule has 3 N–H and O–H groups in total. The quantitative estimate of drug-likeness (QED) is 0.207. The van der Waals surface area contributed by atoms with Gasteiger partial charge in [0.1, 0.15) is 11.6 Å². The van der Waals surface area contributed by atoms with E-state index >= 15 is 0 Å². The maximum Gasteiger partial charge on any atom is 0.337 e. The Morgan fingerprint density at radius 2 is 1.88 bits per heavy atom. The molecule has 2 aromatic carbocycles. The van der Waals surface area contributed by atoms with E-state index in [9.17, 15) is 9.59 Å². The summed E-state index contributed by atoms with van der Waals surface area (Å²) in [7, 11) is 2.92. The summed E-state index contributed by atoms with van der Waals surface area (Å²) in [5.41, 5.74) is 5.09. The van der Waals surface area contributed by atoms with Gasteiger partial charge in [0.05, 0.1) is 42.4 Å². The number of aromatic nitrogens is 1. The zero-order valence-corrected chi connectivity index (χ0v) is 19.1. The average molecular weight is 457 g/mol. The number of anilines is 2. The third-order valence-electron chi connectivity index (χ3n) is 5.35. The van der Waals surface area contributed by atoms with Crippen molar-refractivity contribution in [2.24, 2.45) is 4.99 Å². The zero-order chi connectivity index (χ0) is 24.2. The van der Waals surface area contributed by atoms with Crippen molar-refractivity contribution >= 4 is 52.5 Å². The van der Waals surface area contributed by atoms with Gasteiger partial charge in [-0.05, 0) is 49.4 Å². The van der Waals surface area contributed by atoms with Gasteiger partial charge in [0.15, 0.2) is 0 Å². The lowest BCUT2D eigenvalue weighted by molar-refractivity contribution is -0.110. The Kier molecular flexibility index (Phi) is 6.31. The normalized spacial score (nSPS) is 13.9. The molecular formula is C26H24N4O4. The predicted octanol–water partition coefficient (Wildman–Crippen LogP) is 5.11. The third kappa shape index (κ3) is 4.33. The van der Waals surface area contributed by atoms with Crippen LogP contribution in [0.1, 0.15) is 34.1 Å². The lowest BCUT2D eigenvalue weighted by atomic mass is 9.99. The van der Waals surface area contributed by atoms with Crippen molar-refractivity contribution in [3.05, 3.63) is 77.6 Å². The second-order valence-corrected chi connectivity index (χ2v) is 7.49. The minimum Gasteiger partial charge on any atom is -0.495 e. The molecule has 0 unspecified atom stereocenters. The molecule has 1 amide bonds. The van der Waals surface area contributed by atoms with E-state index in [2.05, 4.69) is 22.2 Å². The minimum atomic E-state index is -0.400. The van der Waals surface area contributed by atoms with Crippen molar-refractivity contribution in [1.29, 1.82) is 0 Å². The van der Waals surface area contributed by atoms with Gasteiger partial charge in [-0.2, -0.15) is 0 Å². The number of aromatic amines is 1. The van der Waals surface area contributed by atoms with E-state index in [0.717, 1.165) is 11.3 Å². The van der Waals surface area contributed by atoms with E-state index in [1.54, 1.807) is 55.8 Å². The van der Waals surface area contributed by atoms with Crippen molar-refractivity contribution in [1.82, 2.24) is 4.98 Å². The average Bonchev–Trinajstić information content (AvgIpc) is 3.43. The van der Waals surface area contributed by atoms with Crippen LogP contribution in [0.2, 0.25) is 0 Å². The molecule has 2 heterocycles. The van der Waals surface area contributed by atoms with Crippen LogP contribution < -0.4 is 15.4 Å². The number of carbonyl (C=O) groups is 2. The molecule has 0 saturated heterocycles. The third-order valence-corrected chi connectivity index (χ3v) is 5.35. The van der Waals surface area contributed by atoms with Crippen molar-refractivity contribution in [2.45, 2.75) is 6.92 Å². The van der Waals surface area contributed by atoms with E-state index in [4.69, 9.17) is 14.5 Å². The number of amides is 1. The van der Waals surface area contributed by atoms with Gasteiger partial charge >= 0.3 is 5.97 Å².